The number of nitrogens with one attached hydrogen (secondary N) is 3. The van der Waals surface area contributed by atoms with Crippen molar-refractivity contribution in [1.82, 2.24) is 21.1 Å². The Hall–Kier alpha value is -0.490. The van der Waals surface area contributed by atoms with Gasteiger partial charge in [-0.05, 0) is 104 Å². The Morgan fingerprint density at radius 2 is 1.31 bits per heavy atom. The van der Waals surface area contributed by atoms with E-state index in [2.05, 4.69) is 107 Å². The lowest BCUT2D eigenvalue weighted by molar-refractivity contribution is 0.0580. The molecule has 158 valence electrons. The van der Waals surface area contributed by atoms with Gasteiger partial charge in [0.25, 0.3) is 11.8 Å². The number of imide groups is 1. The first kappa shape index (κ1) is 23.2. The Balaban J connectivity index is 1.78. The summed E-state index contributed by atoms with van der Waals surface area (Å²) in [6.07, 6.45) is 1.45. The van der Waals surface area contributed by atoms with Gasteiger partial charge in [-0.1, -0.05) is 0 Å². The molecule has 2 heterocycles. The van der Waals surface area contributed by atoms with E-state index in [9.17, 15) is 14.4 Å². The molecule has 11 heteroatoms. The molecule has 0 spiro atoms. The Labute approximate surface area is 202 Å². The average molecular weight is 660 g/mol. The highest BCUT2D eigenvalue weighted by molar-refractivity contribution is 9.15. The van der Waals surface area contributed by atoms with Crippen molar-refractivity contribution in [1.29, 1.82) is 0 Å². The van der Waals surface area contributed by atoms with Crippen LogP contribution in [0.4, 0.5) is 4.79 Å². The van der Waals surface area contributed by atoms with Gasteiger partial charge in [0.05, 0.1) is 11.1 Å². The zero-order valence-corrected chi connectivity index (χ0v) is 22.5. The maximum Gasteiger partial charge on any atom is 0.334 e. The maximum atomic E-state index is 12.8. The number of carbonyl (C=O) groups is 3. The minimum atomic E-state index is -0.605. The van der Waals surface area contributed by atoms with Gasteiger partial charge in [0.15, 0.2) is 0 Å². The second kappa shape index (κ2) is 7.89. The first-order valence-electron chi connectivity index (χ1n) is 8.85. The van der Waals surface area contributed by atoms with Gasteiger partial charge in [-0.3, -0.25) is 9.59 Å². The lowest BCUT2D eigenvalue weighted by atomic mass is 9.80. The summed E-state index contributed by atoms with van der Waals surface area (Å²) in [5.41, 5.74) is 2.48. The van der Waals surface area contributed by atoms with E-state index in [0.717, 1.165) is 17.9 Å². The number of carbonyl (C=O) groups excluding carboxylic acids is 3. The number of urea groups is 1. The smallest absolute Gasteiger partial charge is 0.334 e. The van der Waals surface area contributed by atoms with Gasteiger partial charge >= 0.3 is 6.03 Å². The Morgan fingerprint density at radius 3 is 1.72 bits per heavy atom. The number of rotatable bonds is 2. The van der Waals surface area contributed by atoms with Gasteiger partial charge in [-0.15, -0.1) is 0 Å². The minimum absolute atomic E-state index is 0.0989. The van der Waals surface area contributed by atoms with Crippen molar-refractivity contribution in [3.8, 4) is 0 Å². The molecule has 0 unspecified atom stereocenters. The number of amides is 4. The molecular formula is C18H20Br4N4O3. The molecule has 1 aromatic carbocycles. The topological polar surface area (TPSA) is 90.5 Å². The summed E-state index contributed by atoms with van der Waals surface area (Å²) in [5, 5.41) is 7.19. The fourth-order valence-corrected chi connectivity index (χ4v) is 6.65. The van der Waals surface area contributed by atoms with Gasteiger partial charge < -0.3 is 10.6 Å². The molecule has 3 N–H and O–H groups in total. The third kappa shape index (κ3) is 4.44. The number of benzene rings is 1. The van der Waals surface area contributed by atoms with Crippen molar-refractivity contribution in [3.05, 3.63) is 29.0 Å². The number of hydrazine groups is 1. The molecule has 1 saturated heterocycles. The van der Waals surface area contributed by atoms with Gasteiger partial charge in [-0.2, -0.15) is 5.01 Å². The number of hydrogen-bond donors (Lipinski definition) is 3. The van der Waals surface area contributed by atoms with Gasteiger partial charge in [0, 0.05) is 35.0 Å². The van der Waals surface area contributed by atoms with Crippen LogP contribution in [0.1, 0.15) is 61.3 Å². The largest absolute Gasteiger partial charge is 0.334 e. The monoisotopic (exact) mass is 656 g/mol. The lowest BCUT2D eigenvalue weighted by Gasteiger charge is -2.46. The molecule has 0 atom stereocenters. The highest BCUT2D eigenvalue weighted by atomic mass is 79.9. The van der Waals surface area contributed by atoms with Gasteiger partial charge in [0.1, 0.15) is 0 Å². The first-order chi connectivity index (χ1) is 13.2. The van der Waals surface area contributed by atoms with E-state index in [1.807, 2.05) is 0 Å². The average Bonchev–Trinajstić information content (AvgIpc) is 2.80. The van der Waals surface area contributed by atoms with Crippen LogP contribution in [0.25, 0.3) is 0 Å². The third-order valence-corrected chi connectivity index (χ3v) is 9.61. The van der Waals surface area contributed by atoms with Crippen molar-refractivity contribution < 1.29 is 14.4 Å². The number of fused-ring (bicyclic) bond motifs is 1. The Kier molecular flexibility index (Phi) is 6.30. The van der Waals surface area contributed by atoms with E-state index in [1.165, 1.54) is 0 Å². The lowest BCUT2D eigenvalue weighted by Crippen LogP contribution is -2.63. The van der Waals surface area contributed by atoms with Gasteiger partial charge in [0.2, 0.25) is 0 Å². The highest BCUT2D eigenvalue weighted by Gasteiger charge is 2.43. The molecule has 2 aliphatic heterocycles. The normalized spacial score (nSPS) is 20.6. The molecule has 1 fully saturated rings. The standard InChI is InChI=1S/C18H20Br4N4O3/c1-17(2)5-7(6-18(3,4)25-17)23-16(29)24-26-14(27)8-9(15(26)28)11(20)13(22)12(21)10(8)19/h7,25H,5-6H2,1-4H3,(H2,23,24,29). The third-order valence-electron chi connectivity index (χ3n) is 4.84. The van der Waals surface area contributed by atoms with Crippen LogP contribution in [0, 0.1) is 0 Å². The molecule has 0 aromatic heterocycles. The number of halogens is 4. The van der Waals surface area contributed by atoms with Crippen molar-refractivity contribution in [2.24, 2.45) is 0 Å². The second-order valence-corrected chi connectivity index (χ2v) is 11.7. The molecule has 0 aliphatic carbocycles. The number of hydrogen-bond acceptors (Lipinski definition) is 4. The summed E-state index contributed by atoms with van der Waals surface area (Å²) in [6, 6.07) is -0.693. The Morgan fingerprint density at radius 1 is 0.897 bits per heavy atom. The molecule has 4 amide bonds. The molecule has 1 aromatic rings. The summed E-state index contributed by atoms with van der Waals surface area (Å²) >= 11 is 13.5. The summed E-state index contributed by atoms with van der Waals surface area (Å²) in [5.74, 6) is -1.21. The van der Waals surface area contributed by atoms with Crippen LogP contribution in [0.15, 0.2) is 17.9 Å². The van der Waals surface area contributed by atoms with Gasteiger partial charge in [-0.25, -0.2) is 10.2 Å². The van der Waals surface area contributed by atoms with Crippen molar-refractivity contribution in [3.63, 3.8) is 0 Å². The predicted octanol–water partition coefficient (Wildman–Crippen LogP) is 4.86. The first-order valence-corrected chi connectivity index (χ1v) is 12.0. The summed E-state index contributed by atoms with van der Waals surface area (Å²) < 4.78 is 2.06. The van der Waals surface area contributed by atoms with Crippen LogP contribution in [0.5, 0.6) is 0 Å². The zero-order valence-electron chi connectivity index (χ0n) is 16.2. The van der Waals surface area contributed by atoms with E-state index >= 15 is 0 Å². The number of nitrogens with zero attached hydrogens (tertiary/aromatic N) is 1. The molecule has 7 nitrogen and oxygen atoms in total. The molecule has 0 bridgehead atoms. The van der Waals surface area contributed by atoms with Crippen LogP contribution in [-0.4, -0.2) is 40.0 Å². The highest BCUT2D eigenvalue weighted by Crippen LogP contribution is 2.44. The molecule has 29 heavy (non-hydrogen) atoms. The Bertz CT molecular complexity index is 869. The van der Waals surface area contributed by atoms with E-state index < -0.39 is 17.8 Å². The predicted molar refractivity (Wildman–Crippen MR) is 124 cm³/mol. The zero-order chi connectivity index (χ0) is 21.9. The van der Waals surface area contributed by atoms with Crippen molar-refractivity contribution in [2.75, 3.05) is 0 Å². The van der Waals surface area contributed by atoms with Crippen LogP contribution >= 0.6 is 63.7 Å². The minimum Gasteiger partial charge on any atom is -0.334 e. The van der Waals surface area contributed by atoms with Crippen LogP contribution in [0.3, 0.4) is 0 Å². The van der Waals surface area contributed by atoms with Crippen LogP contribution in [-0.2, 0) is 0 Å². The van der Waals surface area contributed by atoms with E-state index in [1.54, 1.807) is 0 Å². The van der Waals surface area contributed by atoms with Crippen LogP contribution < -0.4 is 16.1 Å². The maximum absolute atomic E-state index is 12.8. The molecule has 0 radical (unpaired) electrons. The van der Waals surface area contributed by atoms with E-state index in [-0.39, 0.29) is 28.2 Å². The van der Waals surface area contributed by atoms with Crippen LogP contribution in [0.2, 0.25) is 0 Å². The fraction of sp³-hybridized carbons (Fsp3) is 0.500. The summed E-state index contributed by atoms with van der Waals surface area (Å²) in [6.45, 7) is 8.32. The molecular weight excluding hydrogens is 640 g/mol. The second-order valence-electron chi connectivity index (χ2n) is 8.53. The molecule has 3 rings (SSSR count). The van der Waals surface area contributed by atoms with E-state index in [4.69, 9.17) is 0 Å². The summed E-state index contributed by atoms with van der Waals surface area (Å²) in [7, 11) is 0. The molecule has 2 aliphatic rings. The van der Waals surface area contributed by atoms with E-state index in [0.29, 0.717) is 17.9 Å². The van der Waals surface area contributed by atoms with Crippen molar-refractivity contribution >= 4 is 81.6 Å². The number of piperidine rings is 1. The fourth-order valence-electron chi connectivity index (χ4n) is 4.19. The quantitative estimate of drug-likeness (QED) is 0.241. The molecule has 0 saturated carbocycles. The van der Waals surface area contributed by atoms with Crippen molar-refractivity contribution in [2.45, 2.75) is 57.7 Å². The SMILES string of the molecule is CC1(C)CC(NC(=O)NN2C(=O)c3c(Br)c(Br)c(Br)c(Br)c3C2=O)CC(C)(C)N1. The summed E-state index contributed by atoms with van der Waals surface area (Å²) in [4.78, 5) is 38.3.